The van der Waals surface area contributed by atoms with Crippen LogP contribution in [-0.4, -0.2) is 51.9 Å². The Morgan fingerprint density at radius 1 is 1.41 bits per heavy atom. The van der Waals surface area contributed by atoms with Crippen LogP contribution in [0.15, 0.2) is 6.33 Å². The minimum Gasteiger partial charge on any atom is -0.321 e. The first-order valence-electron chi connectivity index (χ1n) is 6.58. The minimum absolute atomic E-state index is 0.686. The van der Waals surface area contributed by atoms with Crippen LogP contribution in [0, 0.1) is 0 Å². The summed E-state index contributed by atoms with van der Waals surface area (Å²) >= 11 is 0. The van der Waals surface area contributed by atoms with Gasteiger partial charge in [0.05, 0.1) is 0 Å². The first-order chi connectivity index (χ1) is 8.29. The van der Waals surface area contributed by atoms with Crippen molar-refractivity contribution in [2.45, 2.75) is 32.2 Å². The fourth-order valence-electron chi connectivity index (χ4n) is 2.37. The summed E-state index contributed by atoms with van der Waals surface area (Å²) in [5.41, 5.74) is 0. The molecule has 0 aromatic carbocycles. The zero-order valence-corrected chi connectivity index (χ0v) is 10.9. The molecule has 1 aliphatic rings. The summed E-state index contributed by atoms with van der Waals surface area (Å²) in [6.45, 7) is 6.90. The van der Waals surface area contributed by atoms with Crippen molar-refractivity contribution in [1.29, 1.82) is 0 Å². The number of piperidine rings is 1. The monoisotopic (exact) mass is 237 g/mol. The van der Waals surface area contributed by atoms with E-state index in [-0.39, 0.29) is 0 Å². The normalized spacial score (nSPS) is 18.7. The quantitative estimate of drug-likeness (QED) is 0.807. The van der Waals surface area contributed by atoms with E-state index in [1.54, 1.807) is 6.33 Å². The van der Waals surface area contributed by atoms with Gasteiger partial charge in [0.1, 0.15) is 12.2 Å². The van der Waals surface area contributed by atoms with Gasteiger partial charge in [0.15, 0.2) is 0 Å². The molecule has 0 bridgehead atoms. The highest BCUT2D eigenvalue weighted by Gasteiger charge is 2.17. The van der Waals surface area contributed by atoms with Crippen LogP contribution >= 0.6 is 0 Å². The lowest BCUT2D eigenvalue weighted by atomic mass is 10.1. The second-order valence-corrected chi connectivity index (χ2v) is 4.77. The van der Waals surface area contributed by atoms with E-state index in [1.807, 2.05) is 11.6 Å². The van der Waals surface area contributed by atoms with E-state index in [0.717, 1.165) is 18.8 Å². The lowest BCUT2D eigenvalue weighted by Gasteiger charge is -2.31. The largest absolute Gasteiger partial charge is 0.321 e. The van der Waals surface area contributed by atoms with Crippen LogP contribution < -0.4 is 5.32 Å². The maximum absolute atomic E-state index is 4.09. The highest BCUT2D eigenvalue weighted by Crippen LogP contribution is 2.09. The van der Waals surface area contributed by atoms with Crippen molar-refractivity contribution in [2.75, 3.05) is 26.2 Å². The predicted octanol–water partition coefficient (Wildman–Crippen LogP) is 0.431. The van der Waals surface area contributed by atoms with Crippen LogP contribution in [0.4, 0.5) is 0 Å². The topological polar surface area (TPSA) is 46.0 Å². The molecule has 0 amide bonds. The number of hydrogen-bond donors (Lipinski definition) is 1. The molecule has 0 spiro atoms. The van der Waals surface area contributed by atoms with Gasteiger partial charge in [0.25, 0.3) is 0 Å². The third-order valence-corrected chi connectivity index (χ3v) is 3.62. The molecule has 0 saturated carbocycles. The number of aromatic nitrogens is 3. The summed E-state index contributed by atoms with van der Waals surface area (Å²) in [5.74, 6) is 1.06. The number of likely N-dealkylation sites (tertiary alicyclic amines) is 1. The summed E-state index contributed by atoms with van der Waals surface area (Å²) in [7, 11) is 2.00. The van der Waals surface area contributed by atoms with Crippen molar-refractivity contribution in [3.8, 4) is 0 Å². The summed E-state index contributed by atoms with van der Waals surface area (Å²) in [6, 6.07) is 0.686. The van der Waals surface area contributed by atoms with Gasteiger partial charge in [-0.05, 0) is 32.5 Å². The van der Waals surface area contributed by atoms with Gasteiger partial charge in [0.2, 0.25) is 0 Å². The zero-order chi connectivity index (χ0) is 12.1. The standard InChI is InChI=1S/C12H23N5/c1-3-17-8-5-11(6-9-17)13-7-4-12-15-14-10-16(12)2/h10-11,13H,3-9H2,1-2H3. The molecule has 5 nitrogen and oxygen atoms in total. The lowest BCUT2D eigenvalue weighted by Crippen LogP contribution is -2.42. The Bertz CT molecular complexity index is 327. The second-order valence-electron chi connectivity index (χ2n) is 4.77. The van der Waals surface area contributed by atoms with Crippen molar-refractivity contribution in [1.82, 2.24) is 25.0 Å². The SMILES string of the molecule is CCN1CCC(NCCc2nncn2C)CC1. The second kappa shape index (κ2) is 6.12. The van der Waals surface area contributed by atoms with E-state index >= 15 is 0 Å². The van der Waals surface area contributed by atoms with Gasteiger partial charge in [-0.2, -0.15) is 0 Å². The van der Waals surface area contributed by atoms with E-state index in [4.69, 9.17) is 0 Å². The molecule has 1 saturated heterocycles. The molecule has 2 rings (SSSR count). The molecule has 2 heterocycles. The first-order valence-corrected chi connectivity index (χ1v) is 6.58. The maximum Gasteiger partial charge on any atom is 0.133 e. The summed E-state index contributed by atoms with van der Waals surface area (Å²) in [5, 5.41) is 11.6. The minimum atomic E-state index is 0.686. The maximum atomic E-state index is 4.09. The number of rotatable bonds is 5. The third kappa shape index (κ3) is 3.51. The van der Waals surface area contributed by atoms with E-state index in [0.29, 0.717) is 6.04 Å². The Labute approximate surface area is 103 Å². The average Bonchev–Trinajstić information content (AvgIpc) is 2.76. The fraction of sp³-hybridized carbons (Fsp3) is 0.833. The summed E-state index contributed by atoms with van der Waals surface area (Å²) in [6.07, 6.45) is 5.26. The van der Waals surface area contributed by atoms with E-state index in [1.165, 1.54) is 32.5 Å². The third-order valence-electron chi connectivity index (χ3n) is 3.62. The molecular formula is C12H23N5. The smallest absolute Gasteiger partial charge is 0.133 e. The Kier molecular flexibility index (Phi) is 4.50. The molecule has 0 unspecified atom stereocenters. The van der Waals surface area contributed by atoms with Gasteiger partial charge < -0.3 is 14.8 Å². The molecule has 0 aliphatic carbocycles. The van der Waals surface area contributed by atoms with Crippen molar-refractivity contribution in [2.24, 2.45) is 7.05 Å². The molecule has 5 heteroatoms. The zero-order valence-electron chi connectivity index (χ0n) is 10.9. The van der Waals surface area contributed by atoms with Gasteiger partial charge in [0, 0.05) is 26.1 Å². The van der Waals surface area contributed by atoms with Crippen LogP contribution in [0.1, 0.15) is 25.6 Å². The molecule has 1 aliphatic heterocycles. The van der Waals surface area contributed by atoms with Gasteiger partial charge in [-0.25, -0.2) is 0 Å². The first kappa shape index (κ1) is 12.5. The molecule has 1 aromatic rings. The Balaban J connectivity index is 1.65. The van der Waals surface area contributed by atoms with Crippen molar-refractivity contribution >= 4 is 0 Å². The van der Waals surface area contributed by atoms with Crippen LogP contribution in [0.3, 0.4) is 0 Å². The molecule has 1 fully saturated rings. The number of nitrogens with one attached hydrogen (secondary N) is 1. The Morgan fingerprint density at radius 2 is 2.18 bits per heavy atom. The Morgan fingerprint density at radius 3 is 2.76 bits per heavy atom. The van der Waals surface area contributed by atoms with Crippen LogP contribution in [0.2, 0.25) is 0 Å². The average molecular weight is 237 g/mol. The summed E-state index contributed by atoms with van der Waals surface area (Å²) in [4.78, 5) is 2.51. The van der Waals surface area contributed by atoms with E-state index < -0.39 is 0 Å². The van der Waals surface area contributed by atoms with Gasteiger partial charge in [-0.3, -0.25) is 0 Å². The van der Waals surface area contributed by atoms with Gasteiger partial charge >= 0.3 is 0 Å². The molecule has 0 radical (unpaired) electrons. The number of nitrogens with zero attached hydrogens (tertiary/aromatic N) is 4. The fourth-order valence-corrected chi connectivity index (χ4v) is 2.37. The molecular weight excluding hydrogens is 214 g/mol. The number of hydrogen-bond acceptors (Lipinski definition) is 4. The van der Waals surface area contributed by atoms with Crippen LogP contribution in [0.25, 0.3) is 0 Å². The summed E-state index contributed by atoms with van der Waals surface area (Å²) < 4.78 is 1.99. The van der Waals surface area contributed by atoms with E-state index in [9.17, 15) is 0 Å². The number of aryl methyl sites for hydroxylation is 1. The predicted molar refractivity (Wildman–Crippen MR) is 67.8 cm³/mol. The van der Waals surface area contributed by atoms with Crippen molar-refractivity contribution < 1.29 is 0 Å². The van der Waals surface area contributed by atoms with Crippen LogP contribution in [-0.2, 0) is 13.5 Å². The highest BCUT2D eigenvalue weighted by molar-refractivity contribution is 4.86. The van der Waals surface area contributed by atoms with Crippen molar-refractivity contribution in [3.05, 3.63) is 12.2 Å². The molecule has 0 atom stereocenters. The van der Waals surface area contributed by atoms with Crippen molar-refractivity contribution in [3.63, 3.8) is 0 Å². The van der Waals surface area contributed by atoms with Gasteiger partial charge in [-0.15, -0.1) is 10.2 Å². The van der Waals surface area contributed by atoms with Crippen LogP contribution in [0.5, 0.6) is 0 Å². The Hall–Kier alpha value is -0.940. The highest BCUT2D eigenvalue weighted by atomic mass is 15.2. The molecule has 1 aromatic heterocycles. The van der Waals surface area contributed by atoms with E-state index in [2.05, 4.69) is 27.3 Å². The molecule has 1 N–H and O–H groups in total. The molecule has 17 heavy (non-hydrogen) atoms. The van der Waals surface area contributed by atoms with Gasteiger partial charge in [-0.1, -0.05) is 6.92 Å². The lowest BCUT2D eigenvalue weighted by molar-refractivity contribution is 0.207. The molecule has 96 valence electrons.